The number of carbonyl (C=O) groups is 2. The van der Waals surface area contributed by atoms with E-state index in [0.717, 1.165) is 0 Å². The van der Waals surface area contributed by atoms with Gasteiger partial charge in [-0.1, -0.05) is 53.5 Å². The van der Waals surface area contributed by atoms with Crippen molar-refractivity contribution in [1.82, 2.24) is 14.7 Å². The molecule has 2 amide bonds. The third-order valence-corrected chi connectivity index (χ3v) is 6.03. The molecule has 4 rings (SSSR count). The lowest BCUT2D eigenvalue weighted by atomic mass is 10.0. The number of halogens is 3. The second-order valence-electron chi connectivity index (χ2n) is 7.65. The highest BCUT2D eigenvalue weighted by molar-refractivity contribution is 6.33. The Hall–Kier alpha value is -3.41. The van der Waals surface area contributed by atoms with Gasteiger partial charge in [0, 0.05) is 22.2 Å². The molecule has 1 atom stereocenters. The summed E-state index contributed by atoms with van der Waals surface area (Å²) in [5.74, 6) is -0.994. The van der Waals surface area contributed by atoms with Crippen LogP contribution in [0, 0.1) is 6.57 Å². The Labute approximate surface area is 199 Å². The van der Waals surface area contributed by atoms with E-state index in [1.807, 2.05) is 0 Å². The summed E-state index contributed by atoms with van der Waals surface area (Å²) in [5, 5.41) is 5.19. The first-order valence-corrected chi connectivity index (χ1v) is 10.7. The molecule has 0 fully saturated rings. The molecule has 168 valence electrons. The van der Waals surface area contributed by atoms with Gasteiger partial charge in [0.15, 0.2) is 0 Å². The standard InChI is InChI=1S/C23H18Cl2FN5O2/c1-28-18-6-5-13(7-17(18)25)8-20(32)30-11-16(10-26)31-19(12-30)21(23(27)33)22(29-31)14-3-2-4-15(24)9-14/h2-7,9,16H,8,10-12H2,(H2,27,33)/t16-/m1/s1. The van der Waals surface area contributed by atoms with Crippen molar-refractivity contribution in [3.63, 3.8) is 0 Å². The van der Waals surface area contributed by atoms with Crippen LogP contribution in [-0.2, 0) is 17.8 Å². The summed E-state index contributed by atoms with van der Waals surface area (Å²) in [5.41, 5.74) is 7.98. The summed E-state index contributed by atoms with van der Waals surface area (Å²) in [6.07, 6.45) is 0.0121. The van der Waals surface area contributed by atoms with Crippen molar-refractivity contribution in [3.05, 3.63) is 80.7 Å². The molecule has 2 heterocycles. The van der Waals surface area contributed by atoms with E-state index in [4.69, 9.17) is 35.5 Å². The first-order valence-electron chi connectivity index (χ1n) is 9.99. The summed E-state index contributed by atoms with van der Waals surface area (Å²) in [4.78, 5) is 30.2. The average Bonchev–Trinajstić information content (AvgIpc) is 3.18. The summed E-state index contributed by atoms with van der Waals surface area (Å²) in [6, 6.07) is 10.8. The van der Waals surface area contributed by atoms with E-state index >= 15 is 0 Å². The predicted molar refractivity (Wildman–Crippen MR) is 123 cm³/mol. The van der Waals surface area contributed by atoms with Crippen molar-refractivity contribution in [1.29, 1.82) is 0 Å². The van der Waals surface area contributed by atoms with Gasteiger partial charge in [-0.15, -0.1) is 0 Å². The smallest absolute Gasteiger partial charge is 0.252 e. The van der Waals surface area contributed by atoms with Crippen molar-refractivity contribution in [2.45, 2.75) is 19.0 Å². The minimum atomic E-state index is -0.781. The Kier molecular flexibility index (Phi) is 6.36. The third kappa shape index (κ3) is 4.42. The Balaban J connectivity index is 1.68. The molecule has 0 bridgehead atoms. The van der Waals surface area contributed by atoms with Crippen LogP contribution in [0.4, 0.5) is 10.1 Å². The molecule has 2 N–H and O–H groups in total. The average molecular weight is 486 g/mol. The molecular weight excluding hydrogens is 468 g/mol. The number of aromatic nitrogens is 2. The largest absolute Gasteiger partial charge is 0.365 e. The van der Waals surface area contributed by atoms with Gasteiger partial charge in [-0.3, -0.25) is 14.3 Å². The number of fused-ring (bicyclic) bond motifs is 1. The lowest BCUT2D eigenvalue weighted by Gasteiger charge is -2.33. The Morgan fingerprint density at radius 1 is 1.24 bits per heavy atom. The second-order valence-corrected chi connectivity index (χ2v) is 8.49. The van der Waals surface area contributed by atoms with Gasteiger partial charge in [-0.05, 0) is 17.7 Å². The zero-order valence-corrected chi connectivity index (χ0v) is 18.8. The van der Waals surface area contributed by atoms with Gasteiger partial charge in [0.05, 0.1) is 36.8 Å². The van der Waals surface area contributed by atoms with E-state index in [1.54, 1.807) is 42.5 Å². The molecule has 1 aliphatic rings. The third-order valence-electron chi connectivity index (χ3n) is 5.49. The topological polar surface area (TPSA) is 85.6 Å². The summed E-state index contributed by atoms with van der Waals surface area (Å²) in [7, 11) is 0. The molecule has 1 aliphatic heterocycles. The van der Waals surface area contributed by atoms with Crippen molar-refractivity contribution in [2.75, 3.05) is 13.2 Å². The number of carbonyl (C=O) groups excluding carboxylic acids is 2. The maximum absolute atomic E-state index is 14.0. The van der Waals surface area contributed by atoms with Gasteiger partial charge in [-0.25, -0.2) is 9.24 Å². The molecular formula is C23H18Cl2FN5O2. The highest BCUT2D eigenvalue weighted by Crippen LogP contribution is 2.33. The monoisotopic (exact) mass is 485 g/mol. The molecule has 3 aromatic rings. The van der Waals surface area contributed by atoms with Crippen molar-refractivity contribution >= 4 is 40.7 Å². The number of benzene rings is 2. The number of hydrogen-bond acceptors (Lipinski definition) is 3. The lowest BCUT2D eigenvalue weighted by Crippen LogP contribution is -2.43. The summed E-state index contributed by atoms with van der Waals surface area (Å²) >= 11 is 12.2. The number of hydrogen-bond donors (Lipinski definition) is 1. The van der Waals surface area contributed by atoms with Crippen LogP contribution in [0.1, 0.15) is 27.7 Å². The molecule has 0 saturated heterocycles. The lowest BCUT2D eigenvalue weighted by molar-refractivity contribution is -0.132. The molecule has 0 spiro atoms. The second kappa shape index (κ2) is 9.22. The van der Waals surface area contributed by atoms with E-state index in [0.29, 0.717) is 33.2 Å². The van der Waals surface area contributed by atoms with E-state index in [1.165, 1.54) is 9.58 Å². The minimum Gasteiger partial charge on any atom is -0.365 e. The van der Waals surface area contributed by atoms with Crippen LogP contribution in [0.3, 0.4) is 0 Å². The number of amides is 2. The quantitative estimate of drug-likeness (QED) is 0.535. The van der Waals surface area contributed by atoms with Gasteiger partial charge in [0.2, 0.25) is 11.6 Å². The normalized spacial score (nSPS) is 15.1. The number of nitrogens with two attached hydrogens (primary N) is 1. The van der Waals surface area contributed by atoms with Crippen LogP contribution in [-0.4, -0.2) is 39.7 Å². The van der Waals surface area contributed by atoms with Crippen LogP contribution in [0.2, 0.25) is 10.0 Å². The number of primary amides is 1. The molecule has 0 unspecified atom stereocenters. The highest BCUT2D eigenvalue weighted by atomic mass is 35.5. The molecule has 1 aromatic heterocycles. The van der Waals surface area contributed by atoms with Crippen molar-refractivity contribution < 1.29 is 14.0 Å². The SMILES string of the molecule is [C-]#[N+]c1ccc(CC(=O)N2Cc3c(C(N)=O)c(-c4cccc(Cl)c4)nn3[C@H](CF)C2)cc1Cl. The summed E-state index contributed by atoms with van der Waals surface area (Å²) in [6.45, 7) is 6.44. The number of alkyl halides is 1. The summed E-state index contributed by atoms with van der Waals surface area (Å²) < 4.78 is 15.4. The number of nitrogens with zero attached hydrogens (tertiary/aromatic N) is 4. The number of rotatable bonds is 5. The van der Waals surface area contributed by atoms with Gasteiger partial charge in [0.25, 0.3) is 5.91 Å². The first-order chi connectivity index (χ1) is 15.8. The zero-order valence-electron chi connectivity index (χ0n) is 17.3. The molecule has 0 radical (unpaired) electrons. The molecule has 7 nitrogen and oxygen atoms in total. The van der Waals surface area contributed by atoms with E-state index in [9.17, 15) is 14.0 Å². The van der Waals surface area contributed by atoms with Crippen LogP contribution in [0.5, 0.6) is 0 Å². The molecule has 0 aliphatic carbocycles. The van der Waals surface area contributed by atoms with Crippen molar-refractivity contribution in [2.24, 2.45) is 5.73 Å². The van der Waals surface area contributed by atoms with E-state index in [2.05, 4.69) is 9.94 Å². The van der Waals surface area contributed by atoms with Gasteiger partial charge >= 0.3 is 0 Å². The molecule has 0 saturated carbocycles. The fourth-order valence-electron chi connectivity index (χ4n) is 3.94. The fraction of sp³-hybridized carbons (Fsp3) is 0.217. The first kappa shape index (κ1) is 22.8. The van der Waals surface area contributed by atoms with E-state index in [-0.39, 0.29) is 36.0 Å². The molecule has 2 aromatic carbocycles. The predicted octanol–water partition coefficient (Wildman–Crippen LogP) is 4.60. The molecule has 33 heavy (non-hydrogen) atoms. The zero-order chi connectivity index (χ0) is 23.7. The minimum absolute atomic E-state index is 0.0121. The highest BCUT2D eigenvalue weighted by Gasteiger charge is 2.34. The molecule has 10 heteroatoms. The Morgan fingerprint density at radius 2 is 2.03 bits per heavy atom. The van der Waals surface area contributed by atoms with Gasteiger partial charge < -0.3 is 10.6 Å². The van der Waals surface area contributed by atoms with Crippen LogP contribution < -0.4 is 5.73 Å². The fourth-order valence-corrected chi connectivity index (χ4v) is 4.37. The maximum atomic E-state index is 14.0. The van der Waals surface area contributed by atoms with Crippen LogP contribution in [0.15, 0.2) is 42.5 Å². The van der Waals surface area contributed by atoms with Crippen LogP contribution in [0.25, 0.3) is 16.1 Å². The maximum Gasteiger partial charge on any atom is 0.252 e. The van der Waals surface area contributed by atoms with Crippen molar-refractivity contribution in [3.8, 4) is 11.3 Å². The van der Waals surface area contributed by atoms with E-state index < -0.39 is 18.6 Å². The van der Waals surface area contributed by atoms with Gasteiger partial charge in [0.1, 0.15) is 12.4 Å². The Bertz CT molecular complexity index is 1300. The van der Waals surface area contributed by atoms with Gasteiger partial charge in [-0.2, -0.15) is 5.10 Å². The van der Waals surface area contributed by atoms with Crippen LogP contribution >= 0.6 is 23.2 Å². The Morgan fingerprint density at radius 3 is 2.67 bits per heavy atom.